The van der Waals surface area contributed by atoms with Crippen molar-refractivity contribution in [1.29, 1.82) is 0 Å². The van der Waals surface area contributed by atoms with Crippen molar-refractivity contribution in [2.75, 3.05) is 6.54 Å². The molecule has 182 valence electrons. The SMILES string of the molecule is CC(CCC[C@@H](C)[C@H]1CC[C@H]2[C@@H]3CC=C4C[C@@H](O)CC[C@]4(C)[C@H]3CC[C@]12C)CN=C(N)N. The molecule has 3 fully saturated rings. The second-order valence-electron chi connectivity index (χ2n) is 12.7. The van der Waals surface area contributed by atoms with E-state index in [4.69, 9.17) is 11.5 Å². The predicted molar refractivity (Wildman–Crippen MR) is 134 cm³/mol. The van der Waals surface area contributed by atoms with Gasteiger partial charge in [0.15, 0.2) is 5.96 Å². The Morgan fingerprint density at radius 2 is 1.88 bits per heavy atom. The zero-order chi connectivity index (χ0) is 23.1. The highest BCUT2D eigenvalue weighted by molar-refractivity contribution is 5.75. The zero-order valence-corrected chi connectivity index (χ0v) is 21.2. The molecule has 0 bridgehead atoms. The number of aliphatic hydroxyl groups is 1. The number of rotatable bonds is 7. The highest BCUT2D eigenvalue weighted by Gasteiger charge is 2.59. The molecular formula is C28H49N3O. The average Bonchev–Trinajstić information content (AvgIpc) is 3.10. The molecule has 3 saturated carbocycles. The standard InChI is InChI=1S/C28H49N3O/c1-18(17-31-26(29)30)6-5-7-19(2)23-10-11-24-22-9-8-20-16-21(32)12-14-27(20,3)25(22)13-15-28(23,24)4/h8,18-19,21-25,32H,5-7,9-17H2,1-4H3,(H4,29,30,31)/t18?,19-,21+,22+,23-,24+,25+,27+,28-/m1/s1. The monoisotopic (exact) mass is 443 g/mol. The van der Waals surface area contributed by atoms with Crippen LogP contribution in [0.4, 0.5) is 0 Å². The molecule has 0 aliphatic heterocycles. The van der Waals surface area contributed by atoms with Crippen LogP contribution in [0.15, 0.2) is 16.6 Å². The van der Waals surface area contributed by atoms with E-state index in [2.05, 4.69) is 38.8 Å². The quantitative estimate of drug-likeness (QED) is 0.270. The lowest BCUT2D eigenvalue weighted by molar-refractivity contribution is -0.0573. The van der Waals surface area contributed by atoms with Crippen LogP contribution >= 0.6 is 0 Å². The van der Waals surface area contributed by atoms with Crippen molar-refractivity contribution in [2.45, 2.75) is 104 Å². The number of aliphatic imine (C=N–C) groups is 1. The van der Waals surface area contributed by atoms with Gasteiger partial charge in [-0.2, -0.15) is 0 Å². The Bertz CT molecular complexity index is 728. The summed E-state index contributed by atoms with van der Waals surface area (Å²) >= 11 is 0. The molecule has 4 heteroatoms. The Morgan fingerprint density at radius 1 is 1.09 bits per heavy atom. The average molecular weight is 444 g/mol. The Kier molecular flexibility index (Phi) is 7.02. The van der Waals surface area contributed by atoms with Crippen molar-refractivity contribution < 1.29 is 5.11 Å². The van der Waals surface area contributed by atoms with Gasteiger partial charge >= 0.3 is 0 Å². The number of guanidine groups is 1. The largest absolute Gasteiger partial charge is 0.393 e. The van der Waals surface area contributed by atoms with Gasteiger partial charge in [0.2, 0.25) is 0 Å². The van der Waals surface area contributed by atoms with Gasteiger partial charge < -0.3 is 16.6 Å². The summed E-state index contributed by atoms with van der Waals surface area (Å²) in [5, 5.41) is 10.2. The first kappa shape index (κ1) is 24.1. The van der Waals surface area contributed by atoms with E-state index in [-0.39, 0.29) is 12.1 Å². The van der Waals surface area contributed by atoms with Crippen molar-refractivity contribution in [3.05, 3.63) is 11.6 Å². The van der Waals surface area contributed by atoms with Gasteiger partial charge in [-0.15, -0.1) is 0 Å². The molecule has 4 rings (SSSR count). The van der Waals surface area contributed by atoms with Gasteiger partial charge in [-0.25, -0.2) is 0 Å². The molecule has 0 radical (unpaired) electrons. The zero-order valence-electron chi connectivity index (χ0n) is 21.2. The minimum Gasteiger partial charge on any atom is -0.393 e. The third-order valence-corrected chi connectivity index (χ3v) is 10.8. The van der Waals surface area contributed by atoms with Crippen LogP contribution in [0.1, 0.15) is 98.3 Å². The Hall–Kier alpha value is -1.03. The summed E-state index contributed by atoms with van der Waals surface area (Å²) in [7, 11) is 0. The molecule has 1 unspecified atom stereocenters. The summed E-state index contributed by atoms with van der Waals surface area (Å²) in [5.74, 6) is 5.09. The maximum atomic E-state index is 10.2. The highest BCUT2D eigenvalue weighted by atomic mass is 16.3. The second-order valence-corrected chi connectivity index (χ2v) is 12.7. The van der Waals surface area contributed by atoms with Crippen LogP contribution in [-0.4, -0.2) is 23.7 Å². The number of aliphatic hydroxyl groups excluding tert-OH is 1. The summed E-state index contributed by atoms with van der Waals surface area (Å²) in [6.07, 6.45) is 16.4. The first-order chi connectivity index (χ1) is 15.1. The highest BCUT2D eigenvalue weighted by Crippen LogP contribution is 2.67. The number of nitrogens with zero attached hydrogens (tertiary/aromatic N) is 1. The smallest absolute Gasteiger partial charge is 0.185 e. The Morgan fingerprint density at radius 3 is 2.62 bits per heavy atom. The van der Waals surface area contributed by atoms with Gasteiger partial charge in [0.05, 0.1) is 6.10 Å². The molecule has 4 nitrogen and oxygen atoms in total. The molecule has 32 heavy (non-hydrogen) atoms. The van der Waals surface area contributed by atoms with Crippen molar-refractivity contribution in [1.82, 2.24) is 0 Å². The number of nitrogens with two attached hydrogens (primary N) is 2. The lowest BCUT2D eigenvalue weighted by Crippen LogP contribution is -2.50. The van der Waals surface area contributed by atoms with Crippen LogP contribution in [0.2, 0.25) is 0 Å². The normalized spacial score (nSPS) is 42.8. The second kappa shape index (κ2) is 9.31. The molecule has 4 aliphatic carbocycles. The van der Waals surface area contributed by atoms with E-state index in [1.165, 1.54) is 57.8 Å². The topological polar surface area (TPSA) is 84.6 Å². The molecular weight excluding hydrogens is 394 g/mol. The number of hydrogen-bond acceptors (Lipinski definition) is 2. The van der Waals surface area contributed by atoms with Gasteiger partial charge in [0, 0.05) is 6.54 Å². The molecule has 5 N–H and O–H groups in total. The van der Waals surface area contributed by atoms with E-state index < -0.39 is 0 Å². The fourth-order valence-electron chi connectivity index (χ4n) is 8.96. The third kappa shape index (κ3) is 4.38. The summed E-state index contributed by atoms with van der Waals surface area (Å²) in [6, 6.07) is 0. The molecule has 0 spiro atoms. The van der Waals surface area contributed by atoms with Crippen LogP contribution < -0.4 is 11.5 Å². The maximum absolute atomic E-state index is 10.2. The molecule has 0 amide bonds. The van der Waals surface area contributed by atoms with Crippen molar-refractivity contribution in [3.8, 4) is 0 Å². The summed E-state index contributed by atoms with van der Waals surface area (Å²) in [6.45, 7) is 10.8. The van der Waals surface area contributed by atoms with E-state index in [1.807, 2.05) is 0 Å². The van der Waals surface area contributed by atoms with Crippen LogP contribution in [0.3, 0.4) is 0 Å². The van der Waals surface area contributed by atoms with E-state index >= 15 is 0 Å². The Balaban J connectivity index is 1.38. The van der Waals surface area contributed by atoms with Crippen LogP contribution in [0.25, 0.3) is 0 Å². The third-order valence-electron chi connectivity index (χ3n) is 10.8. The molecule has 0 aromatic carbocycles. The van der Waals surface area contributed by atoms with Crippen molar-refractivity contribution >= 4 is 5.96 Å². The molecule has 0 aromatic heterocycles. The molecule has 9 atom stereocenters. The lowest BCUT2D eigenvalue weighted by Gasteiger charge is -2.58. The fourth-order valence-corrected chi connectivity index (χ4v) is 8.96. The van der Waals surface area contributed by atoms with Gasteiger partial charge in [-0.1, -0.05) is 52.2 Å². The van der Waals surface area contributed by atoms with E-state index in [0.717, 1.165) is 49.0 Å². The van der Waals surface area contributed by atoms with Gasteiger partial charge in [0.1, 0.15) is 0 Å². The van der Waals surface area contributed by atoms with E-state index in [9.17, 15) is 5.11 Å². The summed E-state index contributed by atoms with van der Waals surface area (Å²) in [4.78, 5) is 4.20. The van der Waals surface area contributed by atoms with Crippen molar-refractivity contribution in [2.24, 2.45) is 62.8 Å². The van der Waals surface area contributed by atoms with E-state index in [1.54, 1.807) is 5.57 Å². The first-order valence-electron chi connectivity index (χ1n) is 13.6. The van der Waals surface area contributed by atoms with Crippen LogP contribution in [0, 0.1) is 46.3 Å². The molecule has 0 heterocycles. The van der Waals surface area contributed by atoms with Gasteiger partial charge in [0.25, 0.3) is 0 Å². The maximum Gasteiger partial charge on any atom is 0.185 e. The first-order valence-corrected chi connectivity index (χ1v) is 13.6. The van der Waals surface area contributed by atoms with Gasteiger partial charge in [-0.3, -0.25) is 4.99 Å². The summed E-state index contributed by atoms with van der Waals surface area (Å²) in [5.41, 5.74) is 13.5. The molecule has 0 saturated heterocycles. The number of allylic oxidation sites excluding steroid dienone is 1. The lowest BCUT2D eigenvalue weighted by atomic mass is 9.47. The molecule has 4 aliphatic rings. The number of hydrogen-bond donors (Lipinski definition) is 3. The van der Waals surface area contributed by atoms with Crippen LogP contribution in [0.5, 0.6) is 0 Å². The van der Waals surface area contributed by atoms with Crippen molar-refractivity contribution in [3.63, 3.8) is 0 Å². The molecule has 0 aromatic rings. The Labute approximate surface area is 196 Å². The fraction of sp³-hybridized carbons (Fsp3) is 0.893. The summed E-state index contributed by atoms with van der Waals surface area (Å²) < 4.78 is 0. The van der Waals surface area contributed by atoms with E-state index in [0.29, 0.717) is 16.7 Å². The predicted octanol–water partition coefficient (Wildman–Crippen LogP) is 5.64. The van der Waals surface area contributed by atoms with Crippen LogP contribution in [-0.2, 0) is 0 Å². The number of fused-ring (bicyclic) bond motifs is 5. The minimum atomic E-state index is -0.0985. The van der Waals surface area contributed by atoms with Gasteiger partial charge in [-0.05, 0) is 104 Å². The minimum absolute atomic E-state index is 0.0985.